The maximum Gasteiger partial charge on any atom is 0.370 e. The lowest BCUT2D eigenvalue weighted by atomic mass is 10.1. The molecule has 0 aromatic carbocycles. The van der Waals surface area contributed by atoms with E-state index < -0.39 is 8.56 Å². The molecule has 2 N–H and O–H groups in total. The second kappa shape index (κ2) is 12.6. The molecule has 3 aliphatic heterocycles. The van der Waals surface area contributed by atoms with Gasteiger partial charge in [0.05, 0.1) is 26.4 Å². The van der Waals surface area contributed by atoms with E-state index in [9.17, 15) is 0 Å². The van der Waals surface area contributed by atoms with Crippen molar-refractivity contribution in [2.24, 2.45) is 0 Å². The predicted molar refractivity (Wildman–Crippen MR) is 108 cm³/mol. The maximum atomic E-state index is 5.83. The quantitative estimate of drug-likeness (QED) is 0.395. The maximum absolute atomic E-state index is 5.83. The molecule has 3 rings (SSSR count). The van der Waals surface area contributed by atoms with E-state index in [4.69, 9.17) is 27.8 Å². The molecule has 7 nitrogen and oxygen atoms in total. The Morgan fingerprint density at radius 2 is 1.54 bits per heavy atom. The summed E-state index contributed by atoms with van der Waals surface area (Å²) in [6.07, 6.45) is 6.49. The Morgan fingerprint density at radius 3 is 1.92 bits per heavy atom. The molecule has 3 saturated heterocycles. The van der Waals surface area contributed by atoms with Crippen molar-refractivity contribution in [3.63, 3.8) is 0 Å². The first-order valence-corrected chi connectivity index (χ1v) is 11.1. The van der Waals surface area contributed by atoms with Gasteiger partial charge in [-0.05, 0) is 29.9 Å². The number of rotatable bonds is 9. The first-order valence-electron chi connectivity index (χ1n) is 9.11. The fraction of sp³-hybridized carbons (Fsp3) is 1.00. The van der Waals surface area contributed by atoms with Gasteiger partial charge in [-0.2, -0.15) is 0 Å². The molecule has 3 aliphatic rings. The lowest BCUT2D eigenvalue weighted by Crippen LogP contribution is -2.64. The van der Waals surface area contributed by atoms with Gasteiger partial charge in [0, 0.05) is 21.3 Å². The van der Waals surface area contributed by atoms with Crippen molar-refractivity contribution in [3.8, 4) is 0 Å². The second-order valence-corrected chi connectivity index (χ2v) is 10.5. The van der Waals surface area contributed by atoms with E-state index in [0.29, 0.717) is 12.2 Å². The van der Waals surface area contributed by atoms with Crippen molar-refractivity contribution in [2.75, 3.05) is 47.8 Å². The summed E-state index contributed by atoms with van der Waals surface area (Å²) in [7, 11) is 3.22. The van der Waals surface area contributed by atoms with Gasteiger partial charge in [0.25, 0.3) is 0 Å². The highest BCUT2D eigenvalue weighted by molar-refractivity contribution is 6.70. The molecule has 0 aromatic rings. The topological polar surface area (TPSA) is 93.5 Å². The highest BCUT2D eigenvalue weighted by atomic mass is 28.4. The van der Waals surface area contributed by atoms with E-state index in [1.807, 2.05) is 0 Å². The molecule has 3 fully saturated rings. The Bertz CT molecular complexity index is 347. The molecule has 0 spiro atoms. The molecule has 9 heteroatoms. The van der Waals surface area contributed by atoms with Gasteiger partial charge in [-0.15, -0.1) is 0 Å². The summed E-state index contributed by atoms with van der Waals surface area (Å²) >= 11 is 0. The molecule has 3 unspecified atom stereocenters. The summed E-state index contributed by atoms with van der Waals surface area (Å²) in [5.74, 6) is 0. The minimum Gasteiger partial charge on any atom is -0.412 e. The van der Waals surface area contributed by atoms with Gasteiger partial charge in [-0.3, -0.25) is 0 Å². The predicted octanol–water partition coefficient (Wildman–Crippen LogP) is 0.154. The first-order chi connectivity index (χ1) is 11.6. The second-order valence-electron chi connectivity index (χ2n) is 6.76. The van der Waals surface area contributed by atoms with Crippen LogP contribution in [-0.2, 0) is 27.8 Å². The van der Waals surface area contributed by atoms with Gasteiger partial charge in [-0.25, -0.2) is 0 Å². The van der Waals surface area contributed by atoms with Crippen LogP contribution in [0.2, 0.25) is 6.04 Å². The normalized spacial score (nSPS) is 30.9. The standard InChI is InChI=1S/C11H24O3Si.C6H10O3.H2O.H4Si/c1-5-8-11(12-2)9-6-7-10-15(11,13-3)14-4;1(5-3-8-5)7-2-6-4-9-6;;/h5-10H2,1-4H3;5-6H,1-4H2;1H2;1H4. The summed E-state index contributed by atoms with van der Waals surface area (Å²) < 4.78 is 32.5. The zero-order chi connectivity index (χ0) is 17.5. The average molecular weight is 413 g/mol. The molecule has 0 bridgehead atoms. The van der Waals surface area contributed by atoms with Crippen molar-refractivity contribution in [3.05, 3.63) is 0 Å². The van der Waals surface area contributed by atoms with Crippen LogP contribution < -0.4 is 0 Å². The van der Waals surface area contributed by atoms with Gasteiger partial charge in [0.15, 0.2) is 0 Å². The van der Waals surface area contributed by atoms with Crippen LogP contribution in [0.15, 0.2) is 0 Å². The van der Waals surface area contributed by atoms with Crippen LogP contribution in [0.25, 0.3) is 0 Å². The molecule has 0 saturated carbocycles. The first kappa shape index (κ1) is 26.2. The highest BCUT2D eigenvalue weighted by Gasteiger charge is 2.58. The van der Waals surface area contributed by atoms with Crippen LogP contribution in [0.3, 0.4) is 0 Å². The zero-order valence-electron chi connectivity index (χ0n) is 16.2. The molecule has 0 aromatic heterocycles. The SMILES string of the molecule is C(OCC1CO1)C1CO1.CCCC1(OC)CCCC[Si]1(OC)OC.O.[SiH4]. The molecule has 0 aliphatic carbocycles. The van der Waals surface area contributed by atoms with Gasteiger partial charge in [-0.1, -0.05) is 26.2 Å². The third-order valence-corrected chi connectivity index (χ3v) is 9.57. The molecule has 0 radical (unpaired) electrons. The molecule has 158 valence electrons. The van der Waals surface area contributed by atoms with Gasteiger partial charge in [0.1, 0.15) is 17.4 Å². The van der Waals surface area contributed by atoms with Crippen LogP contribution in [0.4, 0.5) is 0 Å². The van der Waals surface area contributed by atoms with E-state index >= 15 is 0 Å². The van der Waals surface area contributed by atoms with E-state index in [0.717, 1.165) is 51.7 Å². The third-order valence-electron chi connectivity index (χ3n) is 5.15. The average Bonchev–Trinajstić information content (AvgIpc) is 3.52. The Kier molecular flexibility index (Phi) is 12.7. The largest absolute Gasteiger partial charge is 0.412 e. The van der Waals surface area contributed by atoms with E-state index in [1.54, 1.807) is 21.3 Å². The van der Waals surface area contributed by atoms with Crippen LogP contribution in [-0.4, -0.2) is 90.2 Å². The third kappa shape index (κ3) is 6.95. The molecule has 26 heavy (non-hydrogen) atoms. The van der Waals surface area contributed by atoms with Crippen LogP contribution in [0.1, 0.15) is 39.0 Å². The number of hydrogen-bond donors (Lipinski definition) is 0. The number of ether oxygens (including phenoxy) is 4. The monoisotopic (exact) mass is 412 g/mol. The van der Waals surface area contributed by atoms with Crippen molar-refractivity contribution in [1.29, 1.82) is 0 Å². The highest BCUT2D eigenvalue weighted by Crippen LogP contribution is 2.42. The summed E-state index contributed by atoms with van der Waals surface area (Å²) in [4.78, 5) is 0. The summed E-state index contributed by atoms with van der Waals surface area (Å²) in [6, 6.07) is 1.06. The fourth-order valence-corrected chi connectivity index (χ4v) is 7.57. The summed E-state index contributed by atoms with van der Waals surface area (Å²) in [5.41, 5.74) is 0. The summed E-state index contributed by atoms with van der Waals surface area (Å²) in [6.45, 7) is 5.45. The number of epoxide rings is 2. The van der Waals surface area contributed by atoms with E-state index in [2.05, 4.69) is 6.92 Å². The number of hydrogen-bond acceptors (Lipinski definition) is 6. The number of methoxy groups -OCH3 is 1. The van der Waals surface area contributed by atoms with Crippen LogP contribution in [0, 0.1) is 0 Å². The molecule has 3 atom stereocenters. The van der Waals surface area contributed by atoms with Gasteiger partial charge >= 0.3 is 8.56 Å². The minimum atomic E-state index is -2.15. The lowest BCUT2D eigenvalue weighted by Gasteiger charge is -2.47. The van der Waals surface area contributed by atoms with Gasteiger partial charge < -0.3 is 33.3 Å². The minimum absolute atomic E-state index is 0. The van der Waals surface area contributed by atoms with E-state index in [1.165, 1.54) is 12.8 Å². The van der Waals surface area contributed by atoms with Crippen LogP contribution in [0.5, 0.6) is 0 Å². The molecular weight excluding hydrogens is 372 g/mol. The Balaban J connectivity index is 0.000000488. The fourth-order valence-electron chi connectivity index (χ4n) is 3.58. The molecular formula is C17H40O7Si2. The smallest absolute Gasteiger partial charge is 0.370 e. The Morgan fingerprint density at radius 1 is 1.00 bits per heavy atom. The molecule has 3 heterocycles. The molecule has 0 amide bonds. The Labute approximate surface area is 163 Å². The summed E-state index contributed by atoms with van der Waals surface area (Å²) in [5, 5.41) is -0.122. The van der Waals surface area contributed by atoms with Crippen molar-refractivity contribution in [1.82, 2.24) is 0 Å². The van der Waals surface area contributed by atoms with Crippen molar-refractivity contribution >= 4 is 19.5 Å². The van der Waals surface area contributed by atoms with Crippen LogP contribution >= 0.6 is 0 Å². The van der Waals surface area contributed by atoms with Crippen molar-refractivity contribution in [2.45, 2.75) is 62.5 Å². The van der Waals surface area contributed by atoms with E-state index in [-0.39, 0.29) is 21.7 Å². The van der Waals surface area contributed by atoms with Gasteiger partial charge in [0.2, 0.25) is 0 Å². The lowest BCUT2D eigenvalue weighted by molar-refractivity contribution is -0.0149. The zero-order valence-corrected chi connectivity index (χ0v) is 17.2. The van der Waals surface area contributed by atoms with Crippen molar-refractivity contribution < 1.29 is 33.3 Å². The Hall–Kier alpha value is 0.154.